The Hall–Kier alpha value is -1.79. The molecule has 0 unspecified atom stereocenters. The molecule has 4 rings (SSSR count). The van der Waals surface area contributed by atoms with Crippen LogP contribution < -0.4 is 9.47 Å². The summed E-state index contributed by atoms with van der Waals surface area (Å²) in [6, 6.07) is 5.85. The van der Waals surface area contributed by atoms with Gasteiger partial charge in [-0.05, 0) is 50.0 Å². The molecule has 0 radical (unpaired) electrons. The van der Waals surface area contributed by atoms with Gasteiger partial charge in [0.05, 0.1) is 12.6 Å². The molecule has 1 amide bonds. The predicted octanol–water partition coefficient (Wildman–Crippen LogP) is 1.58. The van der Waals surface area contributed by atoms with Crippen molar-refractivity contribution in [1.82, 2.24) is 9.80 Å². The number of amides is 1. The second-order valence-corrected chi connectivity index (χ2v) is 7.25. The van der Waals surface area contributed by atoms with Crippen molar-refractivity contribution in [3.63, 3.8) is 0 Å². The molecule has 6 nitrogen and oxygen atoms in total. The normalized spacial score (nSPS) is 26.7. The van der Waals surface area contributed by atoms with Gasteiger partial charge in [0, 0.05) is 19.0 Å². The molecule has 0 spiro atoms. The molecule has 0 saturated carbocycles. The zero-order valence-electron chi connectivity index (χ0n) is 14.5. The number of piperidine rings is 2. The van der Waals surface area contributed by atoms with Crippen molar-refractivity contribution in [1.29, 1.82) is 0 Å². The van der Waals surface area contributed by atoms with Gasteiger partial charge in [0.25, 0.3) is 0 Å². The fourth-order valence-corrected chi connectivity index (χ4v) is 4.10. The van der Waals surface area contributed by atoms with Gasteiger partial charge in [-0.3, -0.25) is 9.69 Å². The van der Waals surface area contributed by atoms with Gasteiger partial charge in [-0.2, -0.15) is 0 Å². The molecule has 3 heterocycles. The van der Waals surface area contributed by atoms with E-state index in [0.29, 0.717) is 19.6 Å². The summed E-state index contributed by atoms with van der Waals surface area (Å²) < 4.78 is 10.8. The first kappa shape index (κ1) is 16.7. The van der Waals surface area contributed by atoms with Crippen molar-refractivity contribution in [2.24, 2.45) is 0 Å². The zero-order chi connectivity index (χ0) is 17.2. The van der Waals surface area contributed by atoms with E-state index in [0.717, 1.165) is 36.6 Å². The molecule has 0 bridgehead atoms. The number of hydrogen-bond donors (Lipinski definition) is 1. The van der Waals surface area contributed by atoms with Crippen LogP contribution in [-0.4, -0.2) is 66.4 Å². The molecule has 25 heavy (non-hydrogen) atoms. The largest absolute Gasteiger partial charge is 0.454 e. The lowest BCUT2D eigenvalue weighted by atomic mass is 9.87. The van der Waals surface area contributed by atoms with Crippen LogP contribution in [0, 0.1) is 0 Å². The van der Waals surface area contributed by atoms with Gasteiger partial charge in [0.1, 0.15) is 0 Å². The van der Waals surface area contributed by atoms with Crippen LogP contribution in [0.15, 0.2) is 18.2 Å². The van der Waals surface area contributed by atoms with E-state index in [1.54, 1.807) is 0 Å². The summed E-state index contributed by atoms with van der Waals surface area (Å²) >= 11 is 0. The Balaban J connectivity index is 1.36. The molecule has 0 aromatic heterocycles. The smallest absolute Gasteiger partial charge is 0.236 e. The van der Waals surface area contributed by atoms with Crippen LogP contribution in [0.4, 0.5) is 0 Å². The number of ether oxygens (including phenoxy) is 2. The Morgan fingerprint density at radius 2 is 1.92 bits per heavy atom. The third-order valence-electron chi connectivity index (χ3n) is 5.57. The van der Waals surface area contributed by atoms with Crippen LogP contribution in [0.3, 0.4) is 0 Å². The highest BCUT2D eigenvalue weighted by atomic mass is 16.7. The average molecular weight is 346 g/mol. The van der Waals surface area contributed by atoms with Crippen LogP contribution in [0.1, 0.15) is 37.2 Å². The van der Waals surface area contributed by atoms with Gasteiger partial charge in [0.15, 0.2) is 11.5 Å². The maximum atomic E-state index is 12.5. The SMILES string of the molecule is O=C(CN1CCCCC1)N1CC[C@@H](c2ccc3c(c2)OCO3)[C@H](O)C1. The maximum absolute atomic E-state index is 12.5. The van der Waals surface area contributed by atoms with Crippen molar-refractivity contribution in [3.8, 4) is 11.5 Å². The standard InChI is InChI=1S/C19H26N2O4/c22-16-11-21(19(23)12-20-7-2-1-3-8-20)9-6-15(16)14-4-5-17-18(10-14)25-13-24-17/h4-5,10,15-16,22H,1-3,6-9,11-13H2/t15-,16+/m0/s1. The fourth-order valence-electron chi connectivity index (χ4n) is 4.10. The van der Waals surface area contributed by atoms with Crippen LogP contribution in [0.2, 0.25) is 0 Å². The fraction of sp³-hybridized carbons (Fsp3) is 0.632. The van der Waals surface area contributed by atoms with Crippen molar-refractivity contribution in [2.45, 2.75) is 37.7 Å². The highest BCUT2D eigenvalue weighted by Gasteiger charge is 2.32. The maximum Gasteiger partial charge on any atom is 0.236 e. The van der Waals surface area contributed by atoms with Gasteiger partial charge in [-0.15, -0.1) is 0 Å². The van der Waals surface area contributed by atoms with Gasteiger partial charge in [-0.25, -0.2) is 0 Å². The van der Waals surface area contributed by atoms with Gasteiger partial charge >= 0.3 is 0 Å². The number of fused-ring (bicyclic) bond motifs is 1. The summed E-state index contributed by atoms with van der Waals surface area (Å²) in [5.74, 6) is 1.68. The van der Waals surface area contributed by atoms with E-state index in [4.69, 9.17) is 9.47 Å². The number of benzene rings is 1. The molecule has 2 saturated heterocycles. The Morgan fingerprint density at radius 3 is 2.72 bits per heavy atom. The van der Waals surface area contributed by atoms with Crippen LogP contribution in [-0.2, 0) is 4.79 Å². The van der Waals surface area contributed by atoms with Crippen molar-refractivity contribution >= 4 is 5.91 Å². The van der Waals surface area contributed by atoms with Crippen LogP contribution in [0.5, 0.6) is 11.5 Å². The molecule has 0 aliphatic carbocycles. The minimum atomic E-state index is -0.542. The molecule has 1 aromatic rings. The number of rotatable bonds is 3. The first-order chi connectivity index (χ1) is 12.2. The van der Waals surface area contributed by atoms with Gasteiger partial charge in [-0.1, -0.05) is 12.5 Å². The minimum Gasteiger partial charge on any atom is -0.454 e. The Bertz CT molecular complexity index is 630. The van der Waals surface area contributed by atoms with Gasteiger partial charge < -0.3 is 19.5 Å². The second kappa shape index (κ2) is 7.22. The summed E-state index contributed by atoms with van der Waals surface area (Å²) in [6.07, 6.45) is 3.86. The van der Waals surface area contributed by atoms with E-state index in [1.165, 1.54) is 19.3 Å². The summed E-state index contributed by atoms with van der Waals surface area (Å²) in [5, 5.41) is 10.6. The van der Waals surface area contributed by atoms with E-state index in [1.807, 2.05) is 23.1 Å². The molecule has 3 aliphatic rings. The number of aliphatic hydroxyl groups is 1. The number of likely N-dealkylation sites (tertiary alicyclic amines) is 2. The third-order valence-corrected chi connectivity index (χ3v) is 5.57. The molecular formula is C19H26N2O4. The third kappa shape index (κ3) is 3.60. The number of β-amino-alcohol motifs (C(OH)–C–C–N with tert-alkyl or cyclic N) is 1. The summed E-state index contributed by atoms with van der Waals surface area (Å²) in [4.78, 5) is 16.6. The highest BCUT2D eigenvalue weighted by molar-refractivity contribution is 5.78. The molecule has 136 valence electrons. The van der Waals surface area contributed by atoms with Crippen molar-refractivity contribution in [3.05, 3.63) is 23.8 Å². The predicted molar refractivity (Wildman–Crippen MR) is 92.8 cm³/mol. The monoisotopic (exact) mass is 346 g/mol. The number of carbonyl (C=O) groups is 1. The van der Waals surface area contributed by atoms with E-state index in [2.05, 4.69) is 4.90 Å². The summed E-state index contributed by atoms with van der Waals surface area (Å²) in [7, 11) is 0. The van der Waals surface area contributed by atoms with E-state index < -0.39 is 6.10 Å². The molecule has 1 aromatic carbocycles. The lowest BCUT2D eigenvalue weighted by Crippen LogP contribution is -2.49. The number of hydrogen-bond acceptors (Lipinski definition) is 5. The molecule has 1 N–H and O–H groups in total. The Labute approximate surface area is 148 Å². The average Bonchev–Trinajstić information content (AvgIpc) is 3.10. The summed E-state index contributed by atoms with van der Waals surface area (Å²) in [6.45, 7) is 3.88. The van der Waals surface area contributed by atoms with Crippen molar-refractivity contribution < 1.29 is 19.4 Å². The first-order valence-electron chi connectivity index (χ1n) is 9.28. The van der Waals surface area contributed by atoms with Gasteiger partial charge in [0.2, 0.25) is 12.7 Å². The van der Waals surface area contributed by atoms with Crippen molar-refractivity contribution in [2.75, 3.05) is 39.5 Å². The number of carbonyl (C=O) groups excluding carboxylic acids is 1. The highest BCUT2D eigenvalue weighted by Crippen LogP contribution is 2.37. The lowest BCUT2D eigenvalue weighted by molar-refractivity contribution is -0.136. The topological polar surface area (TPSA) is 62.2 Å². The van der Waals surface area contributed by atoms with Crippen LogP contribution >= 0.6 is 0 Å². The van der Waals surface area contributed by atoms with E-state index >= 15 is 0 Å². The van der Waals surface area contributed by atoms with Crippen LogP contribution in [0.25, 0.3) is 0 Å². The molecule has 3 aliphatic heterocycles. The summed E-state index contributed by atoms with van der Waals surface area (Å²) in [5.41, 5.74) is 1.06. The molecule has 6 heteroatoms. The minimum absolute atomic E-state index is 0.0357. The first-order valence-corrected chi connectivity index (χ1v) is 9.28. The molecular weight excluding hydrogens is 320 g/mol. The zero-order valence-corrected chi connectivity index (χ0v) is 14.5. The van der Waals surface area contributed by atoms with E-state index in [-0.39, 0.29) is 18.6 Å². The Morgan fingerprint density at radius 1 is 1.12 bits per heavy atom. The van der Waals surface area contributed by atoms with E-state index in [9.17, 15) is 9.90 Å². The molecule has 2 fully saturated rings. The number of aliphatic hydroxyl groups excluding tert-OH is 1. The molecule has 2 atom stereocenters. The number of nitrogens with zero attached hydrogens (tertiary/aromatic N) is 2. The lowest BCUT2D eigenvalue weighted by Gasteiger charge is -2.37. The second-order valence-electron chi connectivity index (χ2n) is 7.25. The quantitative estimate of drug-likeness (QED) is 0.900. The Kier molecular flexibility index (Phi) is 4.81.